The average molecular weight is 144 g/mol. The fourth-order valence-corrected chi connectivity index (χ4v) is 0.765. The summed E-state index contributed by atoms with van der Waals surface area (Å²) in [4.78, 5) is 0. The van der Waals surface area contributed by atoms with Crippen LogP contribution in [0.1, 0.15) is 12.5 Å². The Bertz CT molecular complexity index is 198. The first-order valence-electron chi connectivity index (χ1n) is 3.09. The van der Waals surface area contributed by atoms with Crippen LogP contribution in [0.2, 0.25) is 0 Å². The molecule has 0 heterocycles. The van der Waals surface area contributed by atoms with Gasteiger partial charge >= 0.3 is 29.6 Å². The fraction of sp³-hybridized carbons (Fsp3) is 0.250. The van der Waals surface area contributed by atoms with Gasteiger partial charge in [-0.1, -0.05) is 31.2 Å². The molecular weight excluding hydrogens is 135 g/mol. The zero-order valence-electron chi connectivity index (χ0n) is 6.42. The monoisotopic (exact) mass is 144 g/mol. The maximum atomic E-state index is 10.6. The third-order valence-electron chi connectivity index (χ3n) is 1.31. The van der Waals surface area contributed by atoms with Crippen LogP contribution in [0.15, 0.2) is 24.3 Å². The molecule has 0 saturated carbocycles. The SMILES string of the molecule is CCc1cccc([O-])c1.[Na+]. The Labute approximate surface area is 83.4 Å². The number of aryl methyl sites for hydroxylation is 1. The van der Waals surface area contributed by atoms with E-state index < -0.39 is 0 Å². The van der Waals surface area contributed by atoms with Crippen LogP contribution < -0.4 is 34.7 Å². The van der Waals surface area contributed by atoms with E-state index in [1.807, 2.05) is 13.0 Å². The zero-order valence-corrected chi connectivity index (χ0v) is 8.42. The summed E-state index contributed by atoms with van der Waals surface area (Å²) in [7, 11) is 0. The minimum absolute atomic E-state index is 0. The van der Waals surface area contributed by atoms with Gasteiger partial charge in [0.15, 0.2) is 0 Å². The summed E-state index contributed by atoms with van der Waals surface area (Å²) in [6.45, 7) is 2.04. The summed E-state index contributed by atoms with van der Waals surface area (Å²) in [5.41, 5.74) is 1.11. The van der Waals surface area contributed by atoms with Gasteiger partial charge in [-0.3, -0.25) is 0 Å². The molecule has 0 amide bonds. The van der Waals surface area contributed by atoms with E-state index in [-0.39, 0.29) is 35.3 Å². The molecule has 0 aliphatic rings. The Morgan fingerprint density at radius 3 is 2.50 bits per heavy atom. The normalized spacial score (nSPS) is 8.50. The van der Waals surface area contributed by atoms with E-state index in [2.05, 4.69) is 0 Å². The quantitative estimate of drug-likeness (QED) is 0.432. The molecule has 0 saturated heterocycles. The predicted molar refractivity (Wildman–Crippen MR) is 35.3 cm³/mol. The summed E-state index contributed by atoms with van der Waals surface area (Å²) in [5, 5.41) is 10.6. The maximum absolute atomic E-state index is 10.6. The number of rotatable bonds is 1. The van der Waals surface area contributed by atoms with Crippen molar-refractivity contribution in [2.24, 2.45) is 0 Å². The molecule has 0 fully saturated rings. The third kappa shape index (κ3) is 2.74. The van der Waals surface area contributed by atoms with Gasteiger partial charge in [-0.05, 0) is 12.0 Å². The van der Waals surface area contributed by atoms with Gasteiger partial charge in [0.25, 0.3) is 0 Å². The van der Waals surface area contributed by atoms with Crippen LogP contribution in [-0.4, -0.2) is 0 Å². The van der Waals surface area contributed by atoms with Gasteiger partial charge in [0.2, 0.25) is 0 Å². The van der Waals surface area contributed by atoms with Gasteiger partial charge in [-0.2, -0.15) is 0 Å². The molecule has 0 unspecified atom stereocenters. The van der Waals surface area contributed by atoms with Gasteiger partial charge in [0.05, 0.1) is 0 Å². The topological polar surface area (TPSA) is 23.1 Å². The molecule has 1 aromatic rings. The van der Waals surface area contributed by atoms with E-state index >= 15 is 0 Å². The Morgan fingerprint density at radius 1 is 1.40 bits per heavy atom. The molecule has 0 aliphatic carbocycles. The molecule has 0 radical (unpaired) electrons. The van der Waals surface area contributed by atoms with E-state index in [0.29, 0.717) is 0 Å². The largest absolute Gasteiger partial charge is 1.00 e. The van der Waals surface area contributed by atoms with Crippen LogP contribution >= 0.6 is 0 Å². The number of hydrogen-bond acceptors (Lipinski definition) is 1. The second-order valence-electron chi connectivity index (χ2n) is 2.00. The molecule has 0 aromatic heterocycles. The molecule has 0 atom stereocenters. The van der Waals surface area contributed by atoms with Crippen LogP contribution in [0, 0.1) is 0 Å². The molecule has 0 spiro atoms. The first kappa shape index (κ1) is 10.0. The van der Waals surface area contributed by atoms with Crippen LogP contribution in [0.25, 0.3) is 0 Å². The van der Waals surface area contributed by atoms with Gasteiger partial charge in [0.1, 0.15) is 0 Å². The standard InChI is InChI=1S/C8H10O.Na/c1-2-7-4-3-5-8(9)6-7;/h3-6,9H,2H2,1H3;/q;+1/p-1. The Kier molecular flexibility index (Phi) is 4.79. The third-order valence-corrected chi connectivity index (χ3v) is 1.31. The van der Waals surface area contributed by atoms with Crippen molar-refractivity contribution in [3.8, 4) is 5.75 Å². The van der Waals surface area contributed by atoms with Crippen molar-refractivity contribution in [1.82, 2.24) is 0 Å². The van der Waals surface area contributed by atoms with Gasteiger partial charge in [0, 0.05) is 0 Å². The zero-order chi connectivity index (χ0) is 6.69. The fourth-order valence-electron chi connectivity index (χ4n) is 0.765. The molecule has 1 nitrogen and oxygen atoms in total. The van der Waals surface area contributed by atoms with Crippen molar-refractivity contribution in [1.29, 1.82) is 0 Å². The molecule has 0 bridgehead atoms. The van der Waals surface area contributed by atoms with Gasteiger partial charge in [-0.25, -0.2) is 0 Å². The van der Waals surface area contributed by atoms with Crippen molar-refractivity contribution in [3.63, 3.8) is 0 Å². The first-order chi connectivity index (χ1) is 4.33. The smallest absolute Gasteiger partial charge is 0.872 e. The predicted octanol–water partition coefficient (Wildman–Crippen LogP) is -1.67. The Morgan fingerprint density at radius 2 is 2.10 bits per heavy atom. The average Bonchev–Trinajstić information content (AvgIpc) is 1.88. The molecule has 2 heteroatoms. The molecule has 48 valence electrons. The first-order valence-corrected chi connectivity index (χ1v) is 3.09. The molecule has 0 aliphatic heterocycles. The van der Waals surface area contributed by atoms with Gasteiger partial charge < -0.3 is 5.11 Å². The van der Waals surface area contributed by atoms with E-state index in [4.69, 9.17) is 0 Å². The van der Waals surface area contributed by atoms with E-state index in [1.165, 1.54) is 0 Å². The number of hydrogen-bond donors (Lipinski definition) is 0. The summed E-state index contributed by atoms with van der Waals surface area (Å²) >= 11 is 0. The van der Waals surface area contributed by atoms with E-state index in [1.54, 1.807) is 18.2 Å². The van der Waals surface area contributed by atoms with Crippen molar-refractivity contribution in [3.05, 3.63) is 29.8 Å². The maximum Gasteiger partial charge on any atom is 1.00 e. The second-order valence-corrected chi connectivity index (χ2v) is 2.00. The van der Waals surface area contributed by atoms with Gasteiger partial charge in [-0.15, -0.1) is 5.75 Å². The van der Waals surface area contributed by atoms with E-state index in [9.17, 15) is 5.11 Å². The molecule has 0 N–H and O–H groups in total. The summed E-state index contributed by atoms with van der Waals surface area (Å²) in [5.74, 6) is 0.106. The minimum Gasteiger partial charge on any atom is -0.872 e. The van der Waals surface area contributed by atoms with E-state index in [0.717, 1.165) is 12.0 Å². The van der Waals surface area contributed by atoms with Crippen LogP contribution in [0.3, 0.4) is 0 Å². The summed E-state index contributed by atoms with van der Waals surface area (Å²) in [6, 6.07) is 6.99. The minimum atomic E-state index is 0. The molecular formula is C8H9NaO. The Balaban J connectivity index is 0.000000810. The second kappa shape index (κ2) is 4.78. The molecule has 10 heavy (non-hydrogen) atoms. The Hall–Kier alpha value is 0.0200. The number of benzene rings is 1. The molecule has 1 aromatic carbocycles. The van der Waals surface area contributed by atoms with Crippen LogP contribution in [0.5, 0.6) is 5.75 Å². The van der Waals surface area contributed by atoms with Crippen molar-refractivity contribution < 1.29 is 34.7 Å². The van der Waals surface area contributed by atoms with Crippen molar-refractivity contribution in [2.75, 3.05) is 0 Å². The molecule has 1 rings (SSSR count). The van der Waals surface area contributed by atoms with Crippen molar-refractivity contribution in [2.45, 2.75) is 13.3 Å². The van der Waals surface area contributed by atoms with Crippen molar-refractivity contribution >= 4 is 0 Å². The van der Waals surface area contributed by atoms with Crippen LogP contribution in [0.4, 0.5) is 0 Å². The van der Waals surface area contributed by atoms with Crippen LogP contribution in [-0.2, 0) is 6.42 Å². The summed E-state index contributed by atoms with van der Waals surface area (Å²) < 4.78 is 0. The summed E-state index contributed by atoms with van der Waals surface area (Å²) in [6.07, 6.45) is 0.941.